The van der Waals surface area contributed by atoms with Crippen LogP contribution in [0.15, 0.2) is 57.8 Å². The third kappa shape index (κ3) is 11.6. The van der Waals surface area contributed by atoms with Gasteiger partial charge in [0.2, 0.25) is 17.6 Å². The number of hydrogen-bond acceptors (Lipinski definition) is 8. The van der Waals surface area contributed by atoms with E-state index < -0.39 is 30.3 Å². The summed E-state index contributed by atoms with van der Waals surface area (Å²) in [6.45, 7) is 1.25. The molecule has 0 aliphatic carbocycles. The van der Waals surface area contributed by atoms with Crippen molar-refractivity contribution in [1.82, 2.24) is 20.0 Å². The van der Waals surface area contributed by atoms with Crippen molar-refractivity contribution in [1.29, 1.82) is 0 Å². The van der Waals surface area contributed by atoms with Gasteiger partial charge in [-0.1, -0.05) is 33.2 Å². The van der Waals surface area contributed by atoms with E-state index in [9.17, 15) is 31.1 Å². The molecule has 3 heterocycles. The summed E-state index contributed by atoms with van der Waals surface area (Å²) in [4.78, 5) is 41.1. The van der Waals surface area contributed by atoms with E-state index in [0.29, 0.717) is 31.2 Å². The Morgan fingerprint density at radius 3 is 2.05 bits per heavy atom. The number of pyridine rings is 1. The van der Waals surface area contributed by atoms with Crippen LogP contribution >= 0.6 is 15.9 Å². The number of aromatic nitrogens is 3. The maximum Gasteiger partial charge on any atom is 0.490 e. The van der Waals surface area contributed by atoms with E-state index in [4.69, 9.17) is 30.1 Å². The van der Waals surface area contributed by atoms with E-state index in [2.05, 4.69) is 31.1 Å². The highest BCUT2D eigenvalue weighted by Crippen LogP contribution is 2.28. The van der Waals surface area contributed by atoms with E-state index in [-0.39, 0.29) is 11.8 Å². The van der Waals surface area contributed by atoms with Crippen LogP contribution in [0.1, 0.15) is 30.2 Å². The molecule has 1 aliphatic rings. The molecule has 4 N–H and O–H groups in total. The molecule has 1 fully saturated rings. The second-order valence-corrected chi connectivity index (χ2v) is 9.77. The number of carboxylic acid groups (broad SMARTS) is 2. The fourth-order valence-corrected chi connectivity index (χ4v) is 3.86. The number of carboxylic acids is 2. The Morgan fingerprint density at radius 2 is 1.53 bits per heavy atom. The number of nitrogens with zero attached hydrogens (tertiary/aromatic N) is 4. The summed E-state index contributed by atoms with van der Waals surface area (Å²) in [5.74, 6) is -4.42. The lowest BCUT2D eigenvalue weighted by atomic mass is 9.96. The second-order valence-electron chi connectivity index (χ2n) is 8.86. The van der Waals surface area contributed by atoms with Gasteiger partial charge in [0.15, 0.2) is 0 Å². The van der Waals surface area contributed by atoms with Crippen molar-refractivity contribution < 1.29 is 55.5 Å². The van der Waals surface area contributed by atoms with Crippen LogP contribution in [0.4, 0.5) is 26.3 Å². The zero-order chi connectivity index (χ0) is 32.4. The van der Waals surface area contributed by atoms with Crippen LogP contribution in [-0.2, 0) is 20.8 Å². The molecule has 0 spiro atoms. The smallest absolute Gasteiger partial charge is 0.475 e. The molecule has 43 heavy (non-hydrogen) atoms. The maximum atomic E-state index is 12.9. The van der Waals surface area contributed by atoms with E-state index in [1.165, 1.54) is 0 Å². The van der Waals surface area contributed by atoms with Gasteiger partial charge in [0.1, 0.15) is 0 Å². The number of amides is 1. The third-order valence-electron chi connectivity index (χ3n) is 5.63. The fourth-order valence-electron chi connectivity index (χ4n) is 3.59. The molecule has 1 amide bonds. The molecule has 3 aromatic rings. The van der Waals surface area contributed by atoms with Crippen LogP contribution in [0.25, 0.3) is 11.4 Å². The van der Waals surface area contributed by atoms with Crippen LogP contribution in [-0.4, -0.2) is 79.6 Å². The van der Waals surface area contributed by atoms with E-state index in [1.54, 1.807) is 12.4 Å². The Bertz CT molecular complexity index is 1330. The first-order valence-corrected chi connectivity index (χ1v) is 12.9. The number of carbonyl (C=O) groups excluding carboxylic acids is 1. The molecule has 0 saturated carbocycles. The Morgan fingerprint density at radius 1 is 1.00 bits per heavy atom. The third-order valence-corrected chi connectivity index (χ3v) is 6.16. The molecule has 2 atom stereocenters. The number of aliphatic carboxylic acids is 2. The van der Waals surface area contributed by atoms with Crippen molar-refractivity contribution in [2.24, 2.45) is 5.73 Å². The van der Waals surface area contributed by atoms with E-state index in [1.807, 2.05) is 41.3 Å². The molecule has 1 aliphatic heterocycles. The van der Waals surface area contributed by atoms with Crippen LogP contribution in [0, 0.1) is 0 Å². The molecule has 0 bridgehead atoms. The molecule has 1 unspecified atom stereocenters. The van der Waals surface area contributed by atoms with E-state index in [0.717, 1.165) is 28.4 Å². The van der Waals surface area contributed by atoms with Gasteiger partial charge < -0.3 is 25.4 Å². The predicted molar refractivity (Wildman–Crippen MR) is 139 cm³/mol. The monoisotopic (exact) mass is 683 g/mol. The predicted octanol–water partition coefficient (Wildman–Crippen LogP) is 4.44. The molecule has 1 saturated heterocycles. The average Bonchev–Trinajstić information content (AvgIpc) is 3.45. The van der Waals surface area contributed by atoms with Crippen molar-refractivity contribution in [3.63, 3.8) is 0 Å². The largest absolute Gasteiger partial charge is 0.490 e. The Kier molecular flexibility index (Phi) is 12.6. The lowest BCUT2D eigenvalue weighted by Gasteiger charge is -2.32. The Balaban J connectivity index is 0.000000384. The van der Waals surface area contributed by atoms with Crippen molar-refractivity contribution >= 4 is 33.8 Å². The molecule has 18 heteroatoms. The summed E-state index contributed by atoms with van der Waals surface area (Å²) in [6.07, 6.45) is -4.48. The molecule has 4 rings (SSSR count). The zero-order valence-corrected chi connectivity index (χ0v) is 23.4. The van der Waals surface area contributed by atoms with Gasteiger partial charge in [-0.25, -0.2) is 9.59 Å². The summed E-state index contributed by atoms with van der Waals surface area (Å²) < 4.78 is 70.0. The second kappa shape index (κ2) is 15.4. The SMILES string of the molecule is N[C@@H](Cc1ccc(Br)cc1)C(=O)N1CCCC(c2nc(-c3ccncc3)no2)C1.O=C(O)C(F)(F)F.O=C(O)C(F)(F)F. The zero-order valence-electron chi connectivity index (χ0n) is 21.8. The summed E-state index contributed by atoms with van der Waals surface area (Å²) >= 11 is 3.42. The molecule has 2 aromatic heterocycles. The summed E-state index contributed by atoms with van der Waals surface area (Å²) in [7, 11) is 0. The highest BCUT2D eigenvalue weighted by molar-refractivity contribution is 9.10. The highest BCUT2D eigenvalue weighted by Gasteiger charge is 2.39. The number of halogens is 7. The van der Waals surface area contributed by atoms with Gasteiger partial charge in [0, 0.05) is 35.5 Å². The lowest BCUT2D eigenvalue weighted by Crippen LogP contribution is -2.48. The van der Waals surface area contributed by atoms with Gasteiger partial charge in [-0.3, -0.25) is 9.78 Å². The van der Waals surface area contributed by atoms with Crippen molar-refractivity contribution in [2.45, 2.75) is 43.6 Å². The van der Waals surface area contributed by atoms with Gasteiger partial charge in [0.25, 0.3) is 0 Å². The minimum Gasteiger partial charge on any atom is -0.475 e. The average molecular weight is 684 g/mol. The van der Waals surface area contributed by atoms with Gasteiger partial charge in [0.05, 0.1) is 12.0 Å². The fraction of sp³-hybridized carbons (Fsp3) is 0.360. The molecular formula is C25H24BrF6N5O6. The number of hydrogen-bond donors (Lipinski definition) is 3. The van der Waals surface area contributed by atoms with Crippen molar-refractivity contribution in [2.75, 3.05) is 13.1 Å². The first-order valence-electron chi connectivity index (χ1n) is 12.1. The number of nitrogens with two attached hydrogens (primary N) is 1. The molecule has 0 radical (unpaired) electrons. The topological polar surface area (TPSA) is 173 Å². The Labute approximate surface area is 247 Å². The Hall–Kier alpha value is -4.06. The first kappa shape index (κ1) is 35.1. The summed E-state index contributed by atoms with van der Waals surface area (Å²) in [5.41, 5.74) is 8.12. The number of alkyl halides is 6. The maximum absolute atomic E-state index is 12.9. The van der Waals surface area contributed by atoms with Gasteiger partial charge >= 0.3 is 24.3 Å². The van der Waals surface area contributed by atoms with Crippen molar-refractivity contribution in [3.8, 4) is 11.4 Å². The van der Waals surface area contributed by atoms with Gasteiger partial charge in [-0.05, 0) is 49.1 Å². The number of rotatable bonds is 5. The summed E-state index contributed by atoms with van der Waals surface area (Å²) in [5, 5.41) is 18.3. The minimum atomic E-state index is -5.08. The normalized spacial score (nSPS) is 15.7. The first-order chi connectivity index (χ1) is 20.0. The number of piperidine rings is 1. The van der Waals surface area contributed by atoms with E-state index >= 15 is 0 Å². The molecule has 234 valence electrons. The lowest BCUT2D eigenvalue weighted by molar-refractivity contribution is -0.193. The van der Waals surface area contributed by atoms with Crippen LogP contribution in [0.3, 0.4) is 0 Å². The molecule has 1 aromatic carbocycles. The number of benzene rings is 1. The number of carbonyl (C=O) groups is 3. The molecule has 11 nitrogen and oxygen atoms in total. The number of likely N-dealkylation sites (tertiary alicyclic amines) is 1. The minimum absolute atomic E-state index is 0.0238. The van der Waals surface area contributed by atoms with Crippen molar-refractivity contribution in [3.05, 3.63) is 64.7 Å². The van der Waals surface area contributed by atoms with Gasteiger partial charge in [-0.2, -0.15) is 31.3 Å². The summed E-state index contributed by atoms with van der Waals surface area (Å²) in [6, 6.07) is 11.0. The van der Waals surface area contributed by atoms with Gasteiger partial charge in [-0.15, -0.1) is 0 Å². The van der Waals surface area contributed by atoms with Crippen LogP contribution in [0.2, 0.25) is 0 Å². The quantitative estimate of drug-likeness (QED) is 0.327. The molecular weight excluding hydrogens is 660 g/mol. The van der Waals surface area contributed by atoms with Crippen LogP contribution in [0.5, 0.6) is 0 Å². The highest BCUT2D eigenvalue weighted by atomic mass is 79.9. The standard InChI is InChI=1S/C21H22BrN5O2.2C2HF3O2/c22-17-5-3-14(4-6-17)12-18(23)21(28)27-11-1-2-16(13-27)20-25-19(26-29-20)15-7-9-24-10-8-15;2*3-2(4,5)1(6)7/h3-10,16,18H,1-2,11-13,23H2;2*(H,6,7)/t16?,18-;;/m0../s1. The van der Waals surface area contributed by atoms with Crippen LogP contribution < -0.4 is 5.73 Å².